The van der Waals surface area contributed by atoms with Gasteiger partial charge in [-0.2, -0.15) is 0 Å². The number of hydrogen-bond acceptors (Lipinski definition) is 3. The molecule has 2 N–H and O–H groups in total. The quantitative estimate of drug-likeness (QED) is 0.906. The summed E-state index contributed by atoms with van der Waals surface area (Å²) in [6.07, 6.45) is 0. The first kappa shape index (κ1) is 17.0. The zero-order valence-electron chi connectivity index (χ0n) is 12.1. The van der Waals surface area contributed by atoms with E-state index >= 15 is 0 Å². The molecule has 4 nitrogen and oxygen atoms in total. The van der Waals surface area contributed by atoms with Gasteiger partial charge in [0.05, 0.1) is 4.90 Å². The van der Waals surface area contributed by atoms with Gasteiger partial charge in [0.25, 0.3) is 0 Å². The van der Waals surface area contributed by atoms with Crippen molar-refractivity contribution in [2.24, 2.45) is 5.14 Å². The molecule has 0 aliphatic heterocycles. The van der Waals surface area contributed by atoms with E-state index in [4.69, 9.17) is 21.5 Å². The number of benzene rings is 1. The van der Waals surface area contributed by atoms with Crippen LogP contribution in [0.3, 0.4) is 0 Å². The number of ether oxygens (including phenoxy) is 1. The van der Waals surface area contributed by atoms with Crippen LogP contribution in [0.4, 0.5) is 0 Å². The molecular formula is C14H20ClNO3S. The number of rotatable bonds is 5. The summed E-state index contributed by atoms with van der Waals surface area (Å²) in [4.78, 5) is 0.155. The molecule has 0 saturated carbocycles. The molecule has 0 bridgehead atoms. The van der Waals surface area contributed by atoms with E-state index in [1.165, 1.54) is 5.54 Å². The Morgan fingerprint density at radius 3 is 2.50 bits per heavy atom. The fourth-order valence-corrected chi connectivity index (χ4v) is 2.78. The average molecular weight is 318 g/mol. The molecule has 0 fully saturated rings. The van der Waals surface area contributed by atoms with E-state index in [0.717, 1.165) is 11.1 Å². The molecule has 0 unspecified atom stereocenters. The Balaban J connectivity index is 3.27. The van der Waals surface area contributed by atoms with Crippen LogP contribution in [0.2, 0.25) is 0 Å². The lowest BCUT2D eigenvalue weighted by molar-refractivity contribution is 0.349. The summed E-state index contributed by atoms with van der Waals surface area (Å²) >= 11 is 5.59. The van der Waals surface area contributed by atoms with Crippen LogP contribution < -0.4 is 9.88 Å². The minimum Gasteiger partial charge on any atom is -0.489 e. The third-order valence-corrected chi connectivity index (χ3v) is 4.22. The largest absolute Gasteiger partial charge is 0.489 e. The van der Waals surface area contributed by atoms with Crippen LogP contribution in [0.1, 0.15) is 37.8 Å². The van der Waals surface area contributed by atoms with Crippen molar-refractivity contribution in [3.63, 3.8) is 0 Å². The Morgan fingerprint density at radius 1 is 1.45 bits per heavy atom. The Hall–Kier alpha value is -1.04. The first-order valence-corrected chi connectivity index (χ1v) is 8.21. The van der Waals surface area contributed by atoms with Gasteiger partial charge in [0, 0.05) is 5.54 Å². The van der Waals surface area contributed by atoms with Crippen molar-refractivity contribution in [1.82, 2.24) is 0 Å². The van der Waals surface area contributed by atoms with Gasteiger partial charge in [0.2, 0.25) is 10.0 Å². The van der Waals surface area contributed by atoms with E-state index in [9.17, 15) is 8.42 Å². The normalized spacial score (nSPS) is 12.8. The van der Waals surface area contributed by atoms with Crippen molar-refractivity contribution >= 4 is 21.6 Å². The highest BCUT2D eigenvalue weighted by atomic mass is 35.5. The second kappa shape index (κ2) is 6.61. The van der Waals surface area contributed by atoms with Gasteiger partial charge < -0.3 is 4.74 Å². The summed E-state index contributed by atoms with van der Waals surface area (Å²) in [6.45, 7) is 7.81. The molecule has 0 aliphatic rings. The van der Waals surface area contributed by atoms with Crippen molar-refractivity contribution in [3.05, 3.63) is 34.4 Å². The van der Waals surface area contributed by atoms with Gasteiger partial charge in [-0.25, -0.2) is 13.6 Å². The smallest absolute Gasteiger partial charge is 0.238 e. The van der Waals surface area contributed by atoms with Crippen molar-refractivity contribution in [2.45, 2.75) is 38.5 Å². The van der Waals surface area contributed by atoms with E-state index in [1.807, 2.05) is 20.8 Å². The summed E-state index contributed by atoms with van der Waals surface area (Å²) < 4.78 is 28.9. The standard InChI is InChI=1S/C14H20ClNO3S/c1-9(2)12-6-13(19-8-10(3)7-15)11(4)5-14(12)20(16,17)18/h5-7,9H,8H2,1-4H3,(H2,16,17,18)/b10-7+. The van der Waals surface area contributed by atoms with Gasteiger partial charge in [-0.1, -0.05) is 25.4 Å². The molecule has 1 aromatic carbocycles. The predicted octanol–water partition coefficient (Wildman–Crippen LogP) is 3.29. The Labute approximate surface area is 125 Å². The zero-order valence-corrected chi connectivity index (χ0v) is 13.7. The van der Waals surface area contributed by atoms with Crippen LogP contribution in [0, 0.1) is 6.92 Å². The lowest BCUT2D eigenvalue weighted by Gasteiger charge is -2.16. The fourth-order valence-electron chi connectivity index (χ4n) is 1.75. The number of aryl methyl sites for hydroxylation is 1. The second-order valence-corrected chi connectivity index (χ2v) is 6.85. The predicted molar refractivity (Wildman–Crippen MR) is 81.7 cm³/mol. The molecule has 0 amide bonds. The Bertz CT molecular complexity index is 622. The maximum absolute atomic E-state index is 11.6. The van der Waals surface area contributed by atoms with Crippen LogP contribution in [-0.4, -0.2) is 15.0 Å². The van der Waals surface area contributed by atoms with Crippen LogP contribution in [0.15, 0.2) is 28.1 Å². The van der Waals surface area contributed by atoms with Crippen molar-refractivity contribution in [2.75, 3.05) is 6.61 Å². The van der Waals surface area contributed by atoms with Crippen LogP contribution in [0.5, 0.6) is 5.75 Å². The van der Waals surface area contributed by atoms with E-state index in [-0.39, 0.29) is 10.8 Å². The summed E-state index contributed by atoms with van der Waals surface area (Å²) in [5, 5.41) is 5.26. The molecule has 112 valence electrons. The van der Waals surface area contributed by atoms with Gasteiger partial charge >= 0.3 is 0 Å². The molecular weight excluding hydrogens is 298 g/mol. The fraction of sp³-hybridized carbons (Fsp3) is 0.429. The molecule has 0 heterocycles. The maximum atomic E-state index is 11.6. The van der Waals surface area contributed by atoms with Gasteiger partial charge in [-0.3, -0.25) is 0 Å². The van der Waals surface area contributed by atoms with E-state index < -0.39 is 10.0 Å². The first-order chi connectivity index (χ1) is 9.16. The lowest BCUT2D eigenvalue weighted by Crippen LogP contribution is -2.16. The van der Waals surface area contributed by atoms with E-state index in [1.54, 1.807) is 19.1 Å². The highest BCUT2D eigenvalue weighted by molar-refractivity contribution is 7.89. The van der Waals surface area contributed by atoms with Crippen LogP contribution >= 0.6 is 11.6 Å². The number of primary sulfonamides is 1. The zero-order chi connectivity index (χ0) is 15.5. The first-order valence-electron chi connectivity index (χ1n) is 6.22. The SMILES string of the molecule is C/C(=C\Cl)COc1cc(C(C)C)c(S(N)(=O)=O)cc1C. The molecule has 6 heteroatoms. The topological polar surface area (TPSA) is 69.4 Å². The number of nitrogens with two attached hydrogens (primary N) is 1. The minimum atomic E-state index is -3.74. The second-order valence-electron chi connectivity index (χ2n) is 5.10. The molecule has 0 spiro atoms. The summed E-state index contributed by atoms with van der Waals surface area (Å²) in [6, 6.07) is 3.29. The molecule has 0 atom stereocenters. The third-order valence-electron chi connectivity index (χ3n) is 2.88. The third kappa shape index (κ3) is 4.23. The number of hydrogen-bond donors (Lipinski definition) is 1. The highest BCUT2D eigenvalue weighted by Crippen LogP contribution is 2.30. The summed E-state index contributed by atoms with van der Waals surface area (Å²) in [5.74, 6) is 0.662. The molecule has 1 aromatic rings. The Morgan fingerprint density at radius 2 is 2.05 bits per heavy atom. The van der Waals surface area contributed by atoms with Crippen LogP contribution in [-0.2, 0) is 10.0 Å². The maximum Gasteiger partial charge on any atom is 0.238 e. The molecule has 0 radical (unpaired) electrons. The van der Waals surface area contributed by atoms with Gasteiger partial charge in [0.15, 0.2) is 0 Å². The number of halogens is 1. The minimum absolute atomic E-state index is 0.0240. The molecule has 0 aliphatic carbocycles. The molecule has 1 rings (SSSR count). The Kier molecular flexibility index (Phi) is 5.62. The average Bonchev–Trinajstić information content (AvgIpc) is 2.35. The van der Waals surface area contributed by atoms with Gasteiger partial charge in [0.1, 0.15) is 12.4 Å². The van der Waals surface area contributed by atoms with Crippen molar-refractivity contribution < 1.29 is 13.2 Å². The van der Waals surface area contributed by atoms with Crippen molar-refractivity contribution in [1.29, 1.82) is 0 Å². The van der Waals surface area contributed by atoms with Gasteiger partial charge in [-0.15, -0.1) is 0 Å². The van der Waals surface area contributed by atoms with E-state index in [2.05, 4.69) is 0 Å². The van der Waals surface area contributed by atoms with E-state index in [0.29, 0.717) is 17.9 Å². The highest BCUT2D eigenvalue weighted by Gasteiger charge is 2.19. The summed E-state index contributed by atoms with van der Waals surface area (Å²) in [5.41, 5.74) is 3.71. The molecule has 20 heavy (non-hydrogen) atoms. The van der Waals surface area contributed by atoms with Gasteiger partial charge in [-0.05, 0) is 48.6 Å². The lowest BCUT2D eigenvalue weighted by atomic mass is 10.0. The van der Waals surface area contributed by atoms with Crippen LogP contribution in [0.25, 0.3) is 0 Å². The number of sulfonamides is 1. The van der Waals surface area contributed by atoms with Crippen molar-refractivity contribution in [3.8, 4) is 5.75 Å². The molecule has 0 saturated heterocycles. The molecule has 0 aromatic heterocycles. The monoisotopic (exact) mass is 317 g/mol. The summed E-state index contributed by atoms with van der Waals surface area (Å²) in [7, 11) is -3.74.